The van der Waals surface area contributed by atoms with Crippen molar-refractivity contribution < 1.29 is 23.8 Å². The standard InChI is InChI=1S/C22H31N7O8S2/c1-6-23-16-17(29(18(23)30)13-37-15-10-38-14(36-5)9-39-15)28(12-35-4)22(34)26(16)11-27-20(32)24(7-2)19(31)25(8-3)21(27)33/h7-8,14-17H,2-3,6,9-13H2,1,4-5H3. The summed E-state index contributed by atoms with van der Waals surface area (Å²) in [6.07, 6.45) is 0.256. The lowest BCUT2D eigenvalue weighted by atomic mass is 10.3. The third-order valence-corrected chi connectivity index (χ3v) is 9.40. The minimum atomic E-state index is -0.985. The molecule has 4 atom stereocenters. The normalized spacial score (nSPS) is 25.0. The van der Waals surface area contributed by atoms with E-state index in [0.29, 0.717) is 14.9 Å². The summed E-state index contributed by atoms with van der Waals surface area (Å²) >= 11 is 3.21. The fourth-order valence-corrected chi connectivity index (χ4v) is 7.21. The molecule has 0 radical (unpaired) electrons. The number of ether oxygens (including phenoxy) is 3. The molecule has 0 spiro atoms. The summed E-state index contributed by atoms with van der Waals surface area (Å²) in [6, 6.07) is -0.942. The van der Waals surface area contributed by atoms with Crippen molar-refractivity contribution in [1.82, 2.24) is 33.3 Å². The van der Waals surface area contributed by atoms with Crippen molar-refractivity contribution in [2.75, 3.05) is 45.7 Å². The molecule has 0 bridgehead atoms. The van der Waals surface area contributed by atoms with Gasteiger partial charge in [0, 0.05) is 44.7 Å². The second-order valence-corrected chi connectivity index (χ2v) is 11.0. The van der Waals surface area contributed by atoms with Crippen LogP contribution in [0, 0.1) is 0 Å². The quantitative estimate of drug-likeness (QED) is 0.344. The third kappa shape index (κ3) is 5.04. The summed E-state index contributed by atoms with van der Waals surface area (Å²) in [7, 11) is 3.07. The Morgan fingerprint density at radius 1 is 0.795 bits per heavy atom. The summed E-state index contributed by atoms with van der Waals surface area (Å²) in [4.78, 5) is 71.0. The second-order valence-electron chi connectivity index (χ2n) is 8.59. The van der Waals surface area contributed by atoms with Gasteiger partial charge in [0.1, 0.15) is 31.0 Å². The number of amides is 4. The van der Waals surface area contributed by atoms with Crippen LogP contribution in [-0.2, 0) is 20.9 Å². The van der Waals surface area contributed by atoms with Gasteiger partial charge in [-0.25, -0.2) is 37.7 Å². The number of aromatic nitrogens is 3. The highest BCUT2D eigenvalue weighted by atomic mass is 32.2. The predicted octanol–water partition coefficient (Wildman–Crippen LogP) is -0.166. The van der Waals surface area contributed by atoms with E-state index in [1.54, 1.807) is 37.6 Å². The molecule has 1 aromatic rings. The number of nitrogens with zero attached hydrogens (tertiary/aromatic N) is 7. The molecule has 0 saturated carbocycles. The Hall–Kier alpha value is -2.99. The van der Waals surface area contributed by atoms with Crippen LogP contribution in [0.4, 0.5) is 9.59 Å². The van der Waals surface area contributed by atoms with Gasteiger partial charge in [-0.15, -0.1) is 23.5 Å². The molecular weight excluding hydrogens is 554 g/mol. The van der Waals surface area contributed by atoms with Crippen molar-refractivity contribution in [2.24, 2.45) is 0 Å². The Morgan fingerprint density at radius 2 is 1.33 bits per heavy atom. The van der Waals surface area contributed by atoms with Gasteiger partial charge in [0.05, 0.1) is 0 Å². The Labute approximate surface area is 232 Å². The van der Waals surface area contributed by atoms with Crippen molar-refractivity contribution in [1.29, 1.82) is 0 Å². The number of carbonyl (C=O) groups is 2. The maximum absolute atomic E-state index is 13.6. The largest absolute Gasteiger partial charge is 0.370 e. The fraction of sp³-hybridized carbons (Fsp3) is 0.591. The molecule has 4 rings (SSSR count). The van der Waals surface area contributed by atoms with E-state index in [4.69, 9.17) is 14.2 Å². The van der Waals surface area contributed by atoms with Gasteiger partial charge in [-0.2, -0.15) is 0 Å². The predicted molar refractivity (Wildman–Crippen MR) is 146 cm³/mol. The van der Waals surface area contributed by atoms with Crippen molar-refractivity contribution in [3.8, 4) is 0 Å². The first kappa shape index (κ1) is 29.0. The monoisotopic (exact) mass is 585 g/mol. The fourth-order valence-electron chi connectivity index (χ4n) is 4.70. The molecule has 1 aromatic heterocycles. The van der Waals surface area contributed by atoms with Crippen LogP contribution in [0.1, 0.15) is 6.92 Å². The van der Waals surface area contributed by atoms with Crippen molar-refractivity contribution in [3.05, 3.63) is 44.6 Å². The van der Waals surface area contributed by atoms with E-state index in [0.717, 1.165) is 22.7 Å². The van der Waals surface area contributed by atoms with Crippen LogP contribution in [0.15, 0.2) is 27.5 Å². The number of methoxy groups -OCH3 is 2. The topological polar surface area (TPSA) is 141 Å². The van der Waals surface area contributed by atoms with Gasteiger partial charge in [-0.1, -0.05) is 13.2 Å². The molecule has 3 saturated heterocycles. The van der Waals surface area contributed by atoms with Crippen LogP contribution >= 0.6 is 23.5 Å². The first-order valence-corrected chi connectivity index (χ1v) is 14.1. The van der Waals surface area contributed by atoms with E-state index in [-0.39, 0.29) is 36.9 Å². The highest BCUT2D eigenvalue weighted by Crippen LogP contribution is 2.36. The summed E-state index contributed by atoms with van der Waals surface area (Å²) in [5.41, 5.74) is -3.01. The van der Waals surface area contributed by atoms with Crippen LogP contribution < -0.4 is 17.1 Å². The number of thioether (sulfide) groups is 2. The summed E-state index contributed by atoms with van der Waals surface area (Å²) in [6.45, 7) is 8.14. The molecule has 4 amide bonds. The van der Waals surface area contributed by atoms with Gasteiger partial charge in [0.15, 0.2) is 12.3 Å². The molecule has 17 heteroatoms. The third-order valence-electron chi connectivity index (χ3n) is 6.58. The molecule has 3 aliphatic heterocycles. The zero-order valence-corrected chi connectivity index (χ0v) is 23.5. The number of hydrogen-bond donors (Lipinski definition) is 0. The highest BCUT2D eigenvalue weighted by molar-refractivity contribution is 8.06. The Morgan fingerprint density at radius 3 is 1.85 bits per heavy atom. The van der Waals surface area contributed by atoms with E-state index in [2.05, 4.69) is 13.2 Å². The zero-order chi connectivity index (χ0) is 28.4. The van der Waals surface area contributed by atoms with E-state index in [1.807, 2.05) is 0 Å². The number of rotatable bonds is 11. The molecule has 0 aliphatic carbocycles. The van der Waals surface area contributed by atoms with Gasteiger partial charge in [0.2, 0.25) is 0 Å². The number of carbonyl (C=O) groups excluding carboxylic acids is 2. The van der Waals surface area contributed by atoms with Crippen LogP contribution in [0.3, 0.4) is 0 Å². The average Bonchev–Trinajstić information content (AvgIpc) is 3.35. The van der Waals surface area contributed by atoms with Crippen molar-refractivity contribution in [2.45, 2.75) is 36.8 Å². The van der Waals surface area contributed by atoms with Gasteiger partial charge in [0.25, 0.3) is 0 Å². The van der Waals surface area contributed by atoms with E-state index < -0.39 is 42.1 Å². The van der Waals surface area contributed by atoms with Gasteiger partial charge < -0.3 is 19.1 Å². The zero-order valence-electron chi connectivity index (χ0n) is 21.8. The Kier molecular flexibility index (Phi) is 8.95. The minimum Gasteiger partial charge on any atom is -0.370 e. The molecule has 15 nitrogen and oxygen atoms in total. The molecule has 4 heterocycles. The van der Waals surface area contributed by atoms with Crippen LogP contribution in [0.2, 0.25) is 0 Å². The first-order valence-electron chi connectivity index (χ1n) is 12.0. The van der Waals surface area contributed by atoms with Crippen LogP contribution in [0.25, 0.3) is 12.4 Å². The minimum absolute atomic E-state index is 0.0750. The molecule has 39 heavy (non-hydrogen) atoms. The molecular formula is C22H31N7O8S2. The van der Waals surface area contributed by atoms with E-state index in [1.165, 1.54) is 26.7 Å². The Bertz CT molecular complexity index is 1260. The van der Waals surface area contributed by atoms with Gasteiger partial charge in [-0.05, 0) is 6.92 Å². The van der Waals surface area contributed by atoms with Crippen molar-refractivity contribution in [3.63, 3.8) is 0 Å². The molecule has 214 valence electrons. The van der Waals surface area contributed by atoms with E-state index >= 15 is 0 Å². The first-order chi connectivity index (χ1) is 18.7. The average molecular weight is 586 g/mol. The molecule has 0 aromatic carbocycles. The van der Waals surface area contributed by atoms with Crippen molar-refractivity contribution >= 4 is 48.0 Å². The lowest BCUT2D eigenvalue weighted by molar-refractivity contribution is -0.0192. The SMILES string of the molecule is C=Cn1c(=O)n(C=C)c(=O)n(CN2C(=O)N(COC)C3C2N(CC)C(=O)N3COC2CSC(OC)CS2)c1=O. The maximum atomic E-state index is 13.6. The number of likely N-dealkylation sites (N-methyl/N-ethyl adjacent to an activating group) is 1. The van der Waals surface area contributed by atoms with Gasteiger partial charge in [-0.3, -0.25) is 14.7 Å². The van der Waals surface area contributed by atoms with Crippen LogP contribution in [-0.4, -0.2) is 114 Å². The summed E-state index contributed by atoms with van der Waals surface area (Å²) < 4.78 is 18.7. The lowest BCUT2D eigenvalue weighted by Crippen LogP contribution is -2.56. The molecule has 3 fully saturated rings. The number of hydrogen-bond acceptors (Lipinski definition) is 10. The smallest absolute Gasteiger partial charge is 0.344 e. The summed E-state index contributed by atoms with van der Waals surface area (Å²) in [5, 5.41) is 0. The summed E-state index contributed by atoms with van der Waals surface area (Å²) in [5.74, 6) is 1.40. The molecule has 0 N–H and O–H groups in total. The Balaban J connectivity index is 1.67. The lowest BCUT2D eigenvalue weighted by Gasteiger charge is -2.31. The number of urea groups is 2. The van der Waals surface area contributed by atoms with E-state index in [9.17, 15) is 24.0 Å². The molecule has 4 unspecified atom stereocenters. The van der Waals surface area contributed by atoms with Gasteiger partial charge >= 0.3 is 29.1 Å². The maximum Gasteiger partial charge on any atom is 0.344 e. The van der Waals surface area contributed by atoms with Crippen LogP contribution in [0.5, 0.6) is 0 Å². The molecule has 3 aliphatic rings. The number of fused-ring (bicyclic) bond motifs is 1. The highest BCUT2D eigenvalue weighted by Gasteiger charge is 2.59. The second kappa shape index (κ2) is 12.0.